The molecule has 0 aliphatic carbocycles. The van der Waals surface area contributed by atoms with Gasteiger partial charge < -0.3 is 11.1 Å². The molecule has 2 aromatic rings. The van der Waals surface area contributed by atoms with Gasteiger partial charge in [-0.2, -0.15) is 0 Å². The summed E-state index contributed by atoms with van der Waals surface area (Å²) in [5.74, 6) is -2.16. The Hall–Kier alpha value is -1.95. The summed E-state index contributed by atoms with van der Waals surface area (Å²) in [5, 5.41) is 2.26. The van der Waals surface area contributed by atoms with Crippen molar-refractivity contribution < 1.29 is 13.6 Å². The molecule has 0 aliphatic rings. The minimum atomic E-state index is -0.768. The van der Waals surface area contributed by atoms with E-state index in [1.54, 1.807) is 0 Å². The lowest BCUT2D eigenvalue weighted by Crippen LogP contribution is -2.16. The first kappa shape index (κ1) is 13.5. The van der Waals surface area contributed by atoms with Crippen LogP contribution in [0.4, 0.5) is 20.2 Å². The van der Waals surface area contributed by atoms with Crippen LogP contribution in [-0.2, 0) is 0 Å². The van der Waals surface area contributed by atoms with E-state index in [-0.39, 0.29) is 21.4 Å². The fourth-order valence-electron chi connectivity index (χ4n) is 1.53. The second kappa shape index (κ2) is 5.36. The number of anilines is 2. The lowest BCUT2D eigenvalue weighted by Gasteiger charge is -2.10. The van der Waals surface area contributed by atoms with Crippen molar-refractivity contribution >= 4 is 33.2 Å². The molecule has 0 saturated heterocycles. The SMILES string of the molecule is Nc1cccc(F)c1NC(=O)c1cccc(Br)c1F. The molecule has 0 fully saturated rings. The molecule has 2 rings (SSSR count). The van der Waals surface area contributed by atoms with Gasteiger partial charge in [0.1, 0.15) is 17.3 Å². The molecule has 0 aromatic heterocycles. The van der Waals surface area contributed by atoms with E-state index >= 15 is 0 Å². The zero-order valence-electron chi connectivity index (χ0n) is 9.58. The zero-order chi connectivity index (χ0) is 14.0. The first-order valence-corrected chi connectivity index (χ1v) is 6.09. The van der Waals surface area contributed by atoms with Crippen molar-refractivity contribution in [1.29, 1.82) is 0 Å². The van der Waals surface area contributed by atoms with Gasteiger partial charge in [-0.1, -0.05) is 12.1 Å². The molecule has 0 unspecified atom stereocenters. The molecule has 0 atom stereocenters. The highest BCUT2D eigenvalue weighted by Gasteiger charge is 2.16. The molecule has 0 spiro atoms. The Morgan fingerprint density at radius 1 is 1.16 bits per heavy atom. The van der Waals surface area contributed by atoms with Crippen molar-refractivity contribution in [3.05, 3.63) is 58.1 Å². The molecule has 0 radical (unpaired) electrons. The lowest BCUT2D eigenvalue weighted by atomic mass is 10.2. The molecule has 3 nitrogen and oxygen atoms in total. The van der Waals surface area contributed by atoms with Crippen molar-refractivity contribution in [1.82, 2.24) is 0 Å². The van der Waals surface area contributed by atoms with E-state index < -0.39 is 17.5 Å². The van der Waals surface area contributed by atoms with Gasteiger partial charge >= 0.3 is 0 Å². The van der Waals surface area contributed by atoms with E-state index in [2.05, 4.69) is 21.2 Å². The van der Waals surface area contributed by atoms with Crippen LogP contribution in [0, 0.1) is 11.6 Å². The van der Waals surface area contributed by atoms with Gasteiger partial charge in [0, 0.05) is 0 Å². The molecule has 1 amide bonds. The van der Waals surface area contributed by atoms with E-state index in [1.807, 2.05) is 0 Å². The first-order valence-electron chi connectivity index (χ1n) is 5.30. The zero-order valence-corrected chi connectivity index (χ0v) is 11.2. The maximum absolute atomic E-state index is 13.7. The number of amides is 1. The third-order valence-corrected chi connectivity index (χ3v) is 3.09. The number of carbonyl (C=O) groups excluding carboxylic acids is 1. The number of para-hydroxylation sites is 1. The Morgan fingerprint density at radius 2 is 1.84 bits per heavy atom. The molecule has 98 valence electrons. The van der Waals surface area contributed by atoms with Crippen molar-refractivity contribution in [2.24, 2.45) is 0 Å². The molecule has 2 aromatic carbocycles. The molecule has 6 heteroatoms. The number of rotatable bonds is 2. The summed E-state index contributed by atoms with van der Waals surface area (Å²) in [6, 6.07) is 8.28. The third kappa shape index (κ3) is 2.73. The minimum absolute atomic E-state index is 0.0729. The van der Waals surface area contributed by atoms with Crippen molar-refractivity contribution in [3.8, 4) is 0 Å². The minimum Gasteiger partial charge on any atom is -0.397 e. The van der Waals surface area contributed by atoms with Crippen LogP contribution in [0.1, 0.15) is 10.4 Å². The van der Waals surface area contributed by atoms with Crippen LogP contribution in [-0.4, -0.2) is 5.91 Å². The monoisotopic (exact) mass is 326 g/mol. The molecule has 0 saturated carbocycles. The Kier molecular flexibility index (Phi) is 3.80. The van der Waals surface area contributed by atoms with E-state index in [1.165, 1.54) is 30.3 Å². The summed E-state index contributed by atoms with van der Waals surface area (Å²) in [6.07, 6.45) is 0. The molecular formula is C13H9BrF2N2O. The average Bonchev–Trinajstić information content (AvgIpc) is 2.37. The lowest BCUT2D eigenvalue weighted by molar-refractivity contribution is 0.102. The summed E-state index contributed by atoms with van der Waals surface area (Å²) >= 11 is 2.97. The average molecular weight is 327 g/mol. The summed E-state index contributed by atoms with van der Waals surface area (Å²) in [6.45, 7) is 0. The quantitative estimate of drug-likeness (QED) is 0.829. The summed E-state index contributed by atoms with van der Waals surface area (Å²) in [4.78, 5) is 11.9. The predicted octanol–water partition coefficient (Wildman–Crippen LogP) is 3.56. The fraction of sp³-hybridized carbons (Fsp3) is 0. The van der Waals surface area contributed by atoms with Gasteiger partial charge in [-0.3, -0.25) is 4.79 Å². The highest BCUT2D eigenvalue weighted by Crippen LogP contribution is 2.24. The van der Waals surface area contributed by atoms with Crippen LogP contribution < -0.4 is 11.1 Å². The Bertz CT molecular complexity index is 626. The number of nitrogens with one attached hydrogen (secondary N) is 1. The van der Waals surface area contributed by atoms with Crippen molar-refractivity contribution in [2.75, 3.05) is 11.1 Å². The number of hydrogen-bond donors (Lipinski definition) is 2. The fourth-order valence-corrected chi connectivity index (χ4v) is 1.90. The maximum atomic E-state index is 13.7. The summed E-state index contributed by atoms with van der Waals surface area (Å²) in [5.41, 5.74) is 5.27. The second-order valence-corrected chi connectivity index (χ2v) is 4.61. The van der Waals surface area contributed by atoms with E-state index in [0.717, 1.165) is 6.07 Å². The largest absolute Gasteiger partial charge is 0.397 e. The van der Waals surface area contributed by atoms with E-state index in [4.69, 9.17) is 5.73 Å². The van der Waals surface area contributed by atoms with Crippen LogP contribution in [0.3, 0.4) is 0 Å². The van der Waals surface area contributed by atoms with Crippen LogP contribution >= 0.6 is 15.9 Å². The van der Waals surface area contributed by atoms with Crippen LogP contribution in [0.25, 0.3) is 0 Å². The third-order valence-electron chi connectivity index (χ3n) is 2.48. The second-order valence-electron chi connectivity index (χ2n) is 3.76. The van der Waals surface area contributed by atoms with Gasteiger partial charge in [-0.05, 0) is 40.2 Å². The van der Waals surface area contributed by atoms with Crippen LogP contribution in [0.5, 0.6) is 0 Å². The van der Waals surface area contributed by atoms with E-state index in [0.29, 0.717) is 0 Å². The molecule has 0 heterocycles. The first-order chi connectivity index (χ1) is 9.00. The topological polar surface area (TPSA) is 55.1 Å². The highest BCUT2D eigenvalue weighted by molar-refractivity contribution is 9.10. The van der Waals surface area contributed by atoms with Gasteiger partial charge in [0.2, 0.25) is 0 Å². The normalized spacial score (nSPS) is 10.3. The van der Waals surface area contributed by atoms with Gasteiger partial charge in [-0.15, -0.1) is 0 Å². The molecule has 0 aliphatic heterocycles. The van der Waals surface area contributed by atoms with Crippen molar-refractivity contribution in [2.45, 2.75) is 0 Å². The summed E-state index contributed by atoms with van der Waals surface area (Å²) < 4.78 is 27.4. The molecular weight excluding hydrogens is 318 g/mol. The Morgan fingerprint density at radius 3 is 2.53 bits per heavy atom. The molecule has 19 heavy (non-hydrogen) atoms. The number of benzene rings is 2. The van der Waals surface area contributed by atoms with E-state index in [9.17, 15) is 13.6 Å². The Balaban J connectivity index is 2.34. The summed E-state index contributed by atoms with van der Waals surface area (Å²) in [7, 11) is 0. The van der Waals surface area contributed by atoms with Gasteiger partial charge in [0.05, 0.1) is 15.7 Å². The maximum Gasteiger partial charge on any atom is 0.258 e. The van der Waals surface area contributed by atoms with Crippen molar-refractivity contribution in [3.63, 3.8) is 0 Å². The van der Waals surface area contributed by atoms with Gasteiger partial charge in [0.15, 0.2) is 0 Å². The van der Waals surface area contributed by atoms with Gasteiger partial charge in [0.25, 0.3) is 5.91 Å². The number of nitrogen functional groups attached to an aromatic ring is 1. The highest BCUT2D eigenvalue weighted by atomic mass is 79.9. The molecule has 0 bridgehead atoms. The van der Waals surface area contributed by atoms with Crippen LogP contribution in [0.15, 0.2) is 40.9 Å². The number of carbonyl (C=O) groups is 1. The standard InChI is InChI=1S/C13H9BrF2N2O/c14-8-4-1-3-7(11(8)16)13(19)18-12-9(15)5-2-6-10(12)17/h1-6H,17H2,(H,18,19). The smallest absolute Gasteiger partial charge is 0.258 e. The Labute approximate surface area is 116 Å². The number of halogens is 3. The predicted molar refractivity (Wildman–Crippen MR) is 72.9 cm³/mol. The van der Waals surface area contributed by atoms with Gasteiger partial charge in [-0.25, -0.2) is 8.78 Å². The van der Waals surface area contributed by atoms with Crippen LogP contribution in [0.2, 0.25) is 0 Å². The number of hydrogen-bond acceptors (Lipinski definition) is 2. The number of nitrogens with two attached hydrogens (primary N) is 1. The molecule has 3 N–H and O–H groups in total.